The summed E-state index contributed by atoms with van der Waals surface area (Å²) in [6.07, 6.45) is 6.49. The van der Waals surface area contributed by atoms with E-state index in [1.807, 2.05) is 44.2 Å². The minimum Gasteiger partial charge on any atom is -0.512 e. The maximum atomic E-state index is 11.9. The molecule has 144 valence electrons. The molecule has 3 N–H and O–H groups in total. The Balaban J connectivity index is 0.00000109. The molecule has 4 rings (SSSR count). The summed E-state index contributed by atoms with van der Waals surface area (Å²) in [5, 5.41) is 23.0. The van der Waals surface area contributed by atoms with Crippen LogP contribution in [0.1, 0.15) is 32.3 Å². The second-order valence-corrected chi connectivity index (χ2v) is 5.99. The predicted molar refractivity (Wildman–Crippen MR) is 110 cm³/mol. The third-order valence-corrected chi connectivity index (χ3v) is 4.25. The van der Waals surface area contributed by atoms with Gasteiger partial charge in [0.25, 0.3) is 0 Å². The van der Waals surface area contributed by atoms with Crippen molar-refractivity contribution in [3.63, 3.8) is 0 Å². The molecular formula is C21H22N4O3. The highest BCUT2D eigenvalue weighted by Gasteiger charge is 2.12. The summed E-state index contributed by atoms with van der Waals surface area (Å²) < 4.78 is 0.433. The summed E-state index contributed by atoms with van der Waals surface area (Å²) >= 11 is 0. The molecule has 2 aromatic heterocycles. The molecule has 0 bridgehead atoms. The highest BCUT2D eigenvalue weighted by atomic mass is 16.5. The van der Waals surface area contributed by atoms with Crippen molar-refractivity contribution in [3.8, 4) is 0 Å². The Hall–Kier alpha value is -3.61. The van der Waals surface area contributed by atoms with E-state index in [-0.39, 0.29) is 5.65 Å². The molecule has 28 heavy (non-hydrogen) atoms. The van der Waals surface area contributed by atoms with Crippen LogP contribution in [0.2, 0.25) is 0 Å². The van der Waals surface area contributed by atoms with Crippen molar-refractivity contribution in [1.29, 1.82) is 0 Å². The maximum absolute atomic E-state index is 11.9. The van der Waals surface area contributed by atoms with Gasteiger partial charge >= 0.3 is 5.69 Å². The number of anilines is 2. The Morgan fingerprint density at radius 1 is 1.11 bits per heavy atom. The van der Waals surface area contributed by atoms with Crippen molar-refractivity contribution in [3.05, 3.63) is 76.6 Å². The summed E-state index contributed by atoms with van der Waals surface area (Å²) in [5.74, 6) is 0.714. The van der Waals surface area contributed by atoms with Crippen molar-refractivity contribution in [2.24, 2.45) is 0 Å². The molecule has 0 radical (unpaired) electrons. The number of benzene rings is 1. The molecule has 0 aliphatic heterocycles. The summed E-state index contributed by atoms with van der Waals surface area (Å²) in [6.45, 7) is 4.00. The van der Waals surface area contributed by atoms with E-state index in [1.54, 1.807) is 18.2 Å². The van der Waals surface area contributed by atoms with Crippen molar-refractivity contribution < 1.29 is 10.3 Å². The molecule has 0 saturated carbocycles. The van der Waals surface area contributed by atoms with Gasteiger partial charge in [-0.05, 0) is 47.9 Å². The molecule has 1 aromatic carbocycles. The number of aliphatic hydroxyl groups excluding tert-OH is 1. The number of pyridine rings is 1. The Kier molecular flexibility index (Phi) is 5.74. The molecule has 1 aliphatic rings. The second kappa shape index (κ2) is 8.39. The average molecular weight is 378 g/mol. The zero-order valence-electron chi connectivity index (χ0n) is 15.8. The van der Waals surface area contributed by atoms with Gasteiger partial charge in [-0.15, -0.1) is 4.73 Å². The summed E-state index contributed by atoms with van der Waals surface area (Å²) in [5.41, 5.74) is 2.25. The van der Waals surface area contributed by atoms with Gasteiger partial charge in [-0.2, -0.15) is 4.98 Å². The van der Waals surface area contributed by atoms with Gasteiger partial charge in [0.15, 0.2) is 5.65 Å². The SMILES string of the molecule is CC.O=c1nc(Nc2cccc(C3=CC=C(O)CC3)c2)c2cccnc2n1O. The molecular weight excluding hydrogens is 356 g/mol. The molecule has 7 nitrogen and oxygen atoms in total. The lowest BCUT2D eigenvalue weighted by Crippen LogP contribution is -2.23. The number of aromatic nitrogens is 3. The number of nitrogens with one attached hydrogen (secondary N) is 1. The van der Waals surface area contributed by atoms with Gasteiger partial charge in [0.2, 0.25) is 0 Å². The zero-order chi connectivity index (χ0) is 20.1. The normalized spacial score (nSPS) is 13.2. The van der Waals surface area contributed by atoms with E-state index in [2.05, 4.69) is 15.3 Å². The Morgan fingerprint density at radius 3 is 2.68 bits per heavy atom. The number of hydrogen-bond acceptors (Lipinski definition) is 6. The molecule has 0 atom stereocenters. The van der Waals surface area contributed by atoms with Gasteiger partial charge < -0.3 is 15.6 Å². The molecule has 7 heteroatoms. The quantitative estimate of drug-likeness (QED) is 0.584. The Labute approximate surface area is 162 Å². The molecule has 1 aliphatic carbocycles. The molecule has 0 saturated heterocycles. The van der Waals surface area contributed by atoms with E-state index >= 15 is 0 Å². The smallest absolute Gasteiger partial charge is 0.384 e. The Bertz CT molecular complexity index is 1120. The van der Waals surface area contributed by atoms with Crippen LogP contribution in [0.15, 0.2) is 65.3 Å². The molecule has 0 amide bonds. The first kappa shape index (κ1) is 19.2. The number of aliphatic hydroxyl groups is 1. The van der Waals surface area contributed by atoms with Crippen LogP contribution in [0.25, 0.3) is 16.6 Å². The summed E-state index contributed by atoms with van der Waals surface area (Å²) in [7, 11) is 0. The number of rotatable bonds is 3. The second-order valence-electron chi connectivity index (χ2n) is 5.99. The van der Waals surface area contributed by atoms with Crippen molar-refractivity contribution in [2.45, 2.75) is 26.7 Å². The van der Waals surface area contributed by atoms with Crippen LogP contribution in [0.4, 0.5) is 11.5 Å². The van der Waals surface area contributed by atoms with Crippen LogP contribution in [-0.2, 0) is 0 Å². The molecule has 2 heterocycles. The fourth-order valence-corrected chi connectivity index (χ4v) is 2.94. The largest absolute Gasteiger partial charge is 0.512 e. The summed E-state index contributed by atoms with van der Waals surface area (Å²) in [4.78, 5) is 19.8. The molecule has 3 aromatic rings. The topological polar surface area (TPSA) is 100 Å². The number of allylic oxidation sites excluding steroid dienone is 4. The molecule has 0 fully saturated rings. The predicted octanol–water partition coefficient (Wildman–Crippen LogP) is 4.42. The van der Waals surface area contributed by atoms with E-state index < -0.39 is 5.69 Å². The summed E-state index contributed by atoms with van der Waals surface area (Å²) in [6, 6.07) is 11.2. The number of hydrogen-bond donors (Lipinski definition) is 3. The van der Waals surface area contributed by atoms with E-state index in [4.69, 9.17) is 0 Å². The number of fused-ring (bicyclic) bond motifs is 1. The first-order chi connectivity index (χ1) is 13.6. The first-order valence-corrected chi connectivity index (χ1v) is 9.15. The van der Waals surface area contributed by atoms with Crippen LogP contribution in [0.5, 0.6) is 0 Å². The molecule has 0 spiro atoms. The van der Waals surface area contributed by atoms with E-state index in [0.29, 0.717) is 28.1 Å². The highest BCUT2D eigenvalue weighted by Crippen LogP contribution is 2.29. The van der Waals surface area contributed by atoms with Crippen LogP contribution in [0.3, 0.4) is 0 Å². The van der Waals surface area contributed by atoms with Crippen LogP contribution >= 0.6 is 0 Å². The fraction of sp³-hybridized carbons (Fsp3) is 0.190. The third-order valence-electron chi connectivity index (χ3n) is 4.25. The minimum atomic E-state index is -0.801. The fourth-order valence-electron chi connectivity index (χ4n) is 2.94. The van der Waals surface area contributed by atoms with Crippen LogP contribution in [-0.4, -0.2) is 25.0 Å². The van der Waals surface area contributed by atoms with E-state index in [9.17, 15) is 15.1 Å². The van der Waals surface area contributed by atoms with Crippen molar-refractivity contribution >= 4 is 28.1 Å². The lowest BCUT2D eigenvalue weighted by atomic mass is 9.96. The standard InChI is InChI=1S/C19H16N4O3.C2H6/c24-15-8-6-12(7-9-15)13-3-1-4-14(11-13)21-17-16-5-2-10-20-18(16)23(26)19(25)22-17;1-2/h1-6,8,10-11,24,26H,7,9H2,(H,21,22,25);1-2H3. The van der Waals surface area contributed by atoms with Crippen LogP contribution in [0, 0.1) is 0 Å². The van der Waals surface area contributed by atoms with Crippen molar-refractivity contribution in [1.82, 2.24) is 14.7 Å². The maximum Gasteiger partial charge on any atom is 0.384 e. The zero-order valence-corrected chi connectivity index (χ0v) is 15.8. The lowest BCUT2D eigenvalue weighted by Gasteiger charge is -2.14. The average Bonchev–Trinajstić information content (AvgIpc) is 2.74. The van der Waals surface area contributed by atoms with Gasteiger partial charge in [-0.3, -0.25) is 0 Å². The lowest BCUT2D eigenvalue weighted by molar-refractivity contribution is 0.182. The third kappa shape index (κ3) is 3.88. The minimum absolute atomic E-state index is 0.141. The Morgan fingerprint density at radius 2 is 1.93 bits per heavy atom. The van der Waals surface area contributed by atoms with Gasteiger partial charge in [-0.25, -0.2) is 9.78 Å². The van der Waals surface area contributed by atoms with Gasteiger partial charge in [0, 0.05) is 18.3 Å². The highest BCUT2D eigenvalue weighted by molar-refractivity contribution is 5.88. The van der Waals surface area contributed by atoms with Crippen molar-refractivity contribution in [2.75, 3.05) is 5.32 Å². The first-order valence-electron chi connectivity index (χ1n) is 9.15. The number of nitrogens with zero attached hydrogens (tertiary/aromatic N) is 3. The van der Waals surface area contributed by atoms with Gasteiger partial charge in [-0.1, -0.05) is 32.1 Å². The monoisotopic (exact) mass is 378 g/mol. The van der Waals surface area contributed by atoms with E-state index in [0.717, 1.165) is 23.2 Å². The van der Waals surface area contributed by atoms with E-state index in [1.165, 1.54) is 6.20 Å². The van der Waals surface area contributed by atoms with Gasteiger partial charge in [0.1, 0.15) is 5.82 Å². The van der Waals surface area contributed by atoms with Gasteiger partial charge in [0.05, 0.1) is 11.1 Å². The molecule has 0 unspecified atom stereocenters. The van der Waals surface area contributed by atoms with Crippen LogP contribution < -0.4 is 11.0 Å².